The van der Waals surface area contributed by atoms with Gasteiger partial charge >= 0.3 is 0 Å². The van der Waals surface area contributed by atoms with Crippen LogP contribution < -0.4 is 0 Å². The second-order valence-corrected chi connectivity index (χ2v) is 4.30. The van der Waals surface area contributed by atoms with Crippen molar-refractivity contribution in [2.75, 3.05) is 0 Å². The van der Waals surface area contributed by atoms with Gasteiger partial charge in [-0.05, 0) is 5.56 Å². The summed E-state index contributed by atoms with van der Waals surface area (Å²) in [5, 5.41) is 0.0591. The van der Waals surface area contributed by atoms with Gasteiger partial charge in [0, 0.05) is 17.5 Å². The first-order chi connectivity index (χ1) is 7.27. The van der Waals surface area contributed by atoms with Crippen LogP contribution in [0.1, 0.15) is 11.3 Å². The molecule has 1 atom stereocenters. The van der Waals surface area contributed by atoms with Crippen LogP contribution in [0.3, 0.4) is 0 Å². The SMILES string of the molecule is O=S([O-])c1nsnc1Cc1ccccc1. The van der Waals surface area contributed by atoms with Gasteiger partial charge < -0.3 is 4.55 Å². The molecule has 0 fully saturated rings. The van der Waals surface area contributed by atoms with Crippen molar-refractivity contribution in [3.05, 3.63) is 41.6 Å². The van der Waals surface area contributed by atoms with Crippen molar-refractivity contribution < 1.29 is 8.76 Å². The quantitative estimate of drug-likeness (QED) is 0.759. The van der Waals surface area contributed by atoms with Crippen LogP contribution in [-0.2, 0) is 17.5 Å². The van der Waals surface area contributed by atoms with E-state index in [1.54, 1.807) is 0 Å². The number of nitrogens with zero attached hydrogens (tertiary/aromatic N) is 2. The molecule has 4 nitrogen and oxygen atoms in total. The normalized spacial score (nSPS) is 12.6. The number of hydrogen-bond acceptors (Lipinski definition) is 5. The van der Waals surface area contributed by atoms with Gasteiger partial charge in [-0.3, -0.25) is 4.21 Å². The molecule has 0 amide bonds. The lowest BCUT2D eigenvalue weighted by atomic mass is 10.1. The highest BCUT2D eigenvalue weighted by molar-refractivity contribution is 7.79. The Kier molecular flexibility index (Phi) is 3.20. The Morgan fingerprint density at radius 2 is 2.00 bits per heavy atom. The lowest BCUT2D eigenvalue weighted by molar-refractivity contribution is 0.533. The van der Waals surface area contributed by atoms with Crippen molar-refractivity contribution in [3.8, 4) is 0 Å². The van der Waals surface area contributed by atoms with Crippen molar-refractivity contribution in [2.45, 2.75) is 11.4 Å². The summed E-state index contributed by atoms with van der Waals surface area (Å²) in [5.74, 6) is 0. The Hall–Kier alpha value is -1.11. The molecule has 1 aromatic heterocycles. The van der Waals surface area contributed by atoms with Crippen LogP contribution in [0.5, 0.6) is 0 Å². The Labute approximate surface area is 93.6 Å². The first kappa shape index (κ1) is 10.4. The Morgan fingerprint density at radius 1 is 1.27 bits per heavy atom. The molecule has 2 rings (SSSR count). The molecule has 0 aliphatic heterocycles. The molecule has 1 unspecified atom stereocenters. The topological polar surface area (TPSA) is 65.9 Å². The lowest BCUT2D eigenvalue weighted by Crippen LogP contribution is -1.97. The largest absolute Gasteiger partial charge is 0.767 e. The van der Waals surface area contributed by atoms with Crippen LogP contribution in [0.4, 0.5) is 0 Å². The van der Waals surface area contributed by atoms with E-state index in [1.165, 1.54) is 0 Å². The molecule has 0 aliphatic carbocycles. The van der Waals surface area contributed by atoms with Gasteiger partial charge in [0.1, 0.15) is 0 Å². The Morgan fingerprint density at radius 3 is 2.67 bits per heavy atom. The highest BCUT2D eigenvalue weighted by Crippen LogP contribution is 2.14. The summed E-state index contributed by atoms with van der Waals surface area (Å²) in [5.41, 5.74) is 1.54. The van der Waals surface area contributed by atoms with Crippen LogP contribution in [0, 0.1) is 0 Å². The molecule has 1 heterocycles. The number of benzene rings is 1. The summed E-state index contributed by atoms with van der Waals surface area (Å²) in [7, 11) is 0. The molecular weight excluding hydrogens is 232 g/mol. The first-order valence-electron chi connectivity index (χ1n) is 4.22. The Bertz CT molecular complexity index is 470. The molecule has 6 heteroatoms. The average Bonchev–Trinajstić information content (AvgIpc) is 2.67. The summed E-state index contributed by atoms with van der Waals surface area (Å²) in [6, 6.07) is 9.58. The third kappa shape index (κ3) is 2.47. The van der Waals surface area contributed by atoms with Gasteiger partial charge in [0.15, 0.2) is 5.03 Å². The van der Waals surface area contributed by atoms with Crippen LogP contribution in [0.2, 0.25) is 0 Å². The average molecular weight is 239 g/mol. The molecule has 78 valence electrons. The van der Waals surface area contributed by atoms with Crippen LogP contribution in [0.15, 0.2) is 35.4 Å². The molecule has 0 saturated heterocycles. The fourth-order valence-corrected chi connectivity index (χ4v) is 2.40. The van der Waals surface area contributed by atoms with Crippen molar-refractivity contribution in [3.63, 3.8) is 0 Å². The van der Waals surface area contributed by atoms with Crippen molar-refractivity contribution in [2.24, 2.45) is 0 Å². The van der Waals surface area contributed by atoms with E-state index in [2.05, 4.69) is 8.75 Å². The molecular formula is C9H7N2O2S2-. The minimum absolute atomic E-state index is 0.0591. The minimum Gasteiger partial charge on any atom is -0.767 e. The van der Waals surface area contributed by atoms with E-state index in [9.17, 15) is 8.76 Å². The van der Waals surface area contributed by atoms with E-state index < -0.39 is 11.1 Å². The zero-order valence-corrected chi connectivity index (χ0v) is 9.25. The molecule has 15 heavy (non-hydrogen) atoms. The summed E-state index contributed by atoms with van der Waals surface area (Å²) in [6.45, 7) is 0. The van der Waals surface area contributed by atoms with Crippen molar-refractivity contribution in [1.29, 1.82) is 0 Å². The van der Waals surface area contributed by atoms with Gasteiger partial charge in [-0.2, -0.15) is 8.75 Å². The van der Waals surface area contributed by atoms with E-state index in [4.69, 9.17) is 0 Å². The van der Waals surface area contributed by atoms with Gasteiger partial charge in [0.2, 0.25) is 0 Å². The van der Waals surface area contributed by atoms with E-state index in [0.717, 1.165) is 17.3 Å². The van der Waals surface area contributed by atoms with Crippen molar-refractivity contribution in [1.82, 2.24) is 8.75 Å². The fourth-order valence-electron chi connectivity index (χ4n) is 1.22. The number of aromatic nitrogens is 2. The van der Waals surface area contributed by atoms with Crippen LogP contribution in [0.25, 0.3) is 0 Å². The van der Waals surface area contributed by atoms with Gasteiger partial charge in [0.05, 0.1) is 17.4 Å². The monoisotopic (exact) mass is 239 g/mol. The lowest BCUT2D eigenvalue weighted by Gasteiger charge is -2.03. The highest BCUT2D eigenvalue weighted by Gasteiger charge is 2.08. The molecule has 0 N–H and O–H groups in total. The third-order valence-electron chi connectivity index (χ3n) is 1.89. The predicted molar refractivity (Wildman–Crippen MR) is 56.3 cm³/mol. The standard InChI is InChI=1S/C9H8N2O2S2/c12-15(13)9-8(10-14-11-9)6-7-4-2-1-3-5-7/h1-5H,6H2,(H,12,13)/p-1. The number of rotatable bonds is 3. The molecule has 0 radical (unpaired) electrons. The maximum absolute atomic E-state index is 10.8. The number of hydrogen-bond donors (Lipinski definition) is 0. The molecule has 2 aromatic rings. The van der Waals surface area contributed by atoms with E-state index in [0.29, 0.717) is 12.1 Å². The van der Waals surface area contributed by atoms with Gasteiger partial charge in [-0.1, -0.05) is 30.3 Å². The maximum Gasteiger partial charge on any atom is 0.150 e. The van der Waals surface area contributed by atoms with Gasteiger partial charge in [-0.25, -0.2) is 0 Å². The Balaban J connectivity index is 2.25. The maximum atomic E-state index is 10.8. The van der Waals surface area contributed by atoms with E-state index in [-0.39, 0.29) is 5.03 Å². The molecule has 0 spiro atoms. The smallest absolute Gasteiger partial charge is 0.150 e. The minimum atomic E-state index is -2.30. The zero-order valence-electron chi connectivity index (χ0n) is 7.62. The summed E-state index contributed by atoms with van der Waals surface area (Å²) >= 11 is -1.38. The third-order valence-corrected chi connectivity index (χ3v) is 3.22. The molecule has 0 saturated carbocycles. The molecule has 0 bridgehead atoms. The van der Waals surface area contributed by atoms with Crippen LogP contribution in [-0.4, -0.2) is 17.5 Å². The predicted octanol–water partition coefficient (Wildman–Crippen LogP) is 1.37. The van der Waals surface area contributed by atoms with Crippen molar-refractivity contribution >= 4 is 22.8 Å². The van der Waals surface area contributed by atoms with E-state index >= 15 is 0 Å². The van der Waals surface area contributed by atoms with E-state index in [1.807, 2.05) is 30.3 Å². The van der Waals surface area contributed by atoms with Crippen LogP contribution >= 0.6 is 11.7 Å². The summed E-state index contributed by atoms with van der Waals surface area (Å²) in [4.78, 5) is 0. The second-order valence-electron chi connectivity index (χ2n) is 2.91. The fraction of sp³-hybridized carbons (Fsp3) is 0.111. The molecule has 0 aliphatic rings. The summed E-state index contributed by atoms with van der Waals surface area (Å²) in [6.07, 6.45) is 0.501. The van der Waals surface area contributed by atoms with Gasteiger partial charge in [-0.15, -0.1) is 0 Å². The summed E-state index contributed by atoms with van der Waals surface area (Å²) < 4.78 is 29.3. The van der Waals surface area contributed by atoms with Gasteiger partial charge in [0.25, 0.3) is 0 Å². The second kappa shape index (κ2) is 4.61. The first-order valence-corrected chi connectivity index (χ1v) is 6.02. The molecule has 1 aromatic carbocycles. The highest BCUT2D eigenvalue weighted by atomic mass is 32.2. The zero-order chi connectivity index (χ0) is 10.7.